The van der Waals surface area contributed by atoms with Gasteiger partial charge in [-0.1, -0.05) is 18.2 Å². The number of nitrogens with one attached hydrogen (secondary N) is 1. The van der Waals surface area contributed by atoms with Gasteiger partial charge in [0.15, 0.2) is 5.82 Å². The predicted octanol–water partition coefficient (Wildman–Crippen LogP) is 3.68. The minimum atomic E-state index is 0.872. The molecule has 0 unspecified atom stereocenters. The molecule has 20 heavy (non-hydrogen) atoms. The molecule has 0 saturated heterocycles. The zero-order chi connectivity index (χ0) is 14.1. The number of rotatable bonds is 3. The van der Waals surface area contributed by atoms with E-state index in [1.165, 1.54) is 34.4 Å². The molecule has 0 spiro atoms. The molecule has 2 aromatic rings. The number of hydrogen-bond donors (Lipinski definition) is 1. The molecule has 3 rings (SSSR count). The van der Waals surface area contributed by atoms with Crippen molar-refractivity contribution in [3.05, 3.63) is 40.6 Å². The number of benzene rings is 1. The Balaban J connectivity index is 2.17. The summed E-state index contributed by atoms with van der Waals surface area (Å²) in [5.74, 6) is 1.91. The van der Waals surface area contributed by atoms with E-state index in [9.17, 15) is 0 Å². The van der Waals surface area contributed by atoms with Crippen LogP contribution in [-0.2, 0) is 12.8 Å². The highest BCUT2D eigenvalue weighted by Crippen LogP contribution is 2.31. The topological polar surface area (TPSA) is 37.8 Å². The zero-order valence-electron chi connectivity index (χ0n) is 12.5. The third-order valence-electron chi connectivity index (χ3n) is 3.98. The fourth-order valence-corrected chi connectivity index (χ4v) is 3.03. The van der Waals surface area contributed by atoms with Crippen molar-refractivity contribution >= 4 is 5.82 Å². The van der Waals surface area contributed by atoms with Crippen molar-refractivity contribution in [2.45, 2.75) is 40.0 Å². The van der Waals surface area contributed by atoms with Crippen LogP contribution in [0, 0.1) is 13.8 Å². The molecule has 1 aliphatic rings. The van der Waals surface area contributed by atoms with Crippen LogP contribution in [0.25, 0.3) is 11.4 Å². The van der Waals surface area contributed by atoms with Crippen molar-refractivity contribution < 1.29 is 0 Å². The van der Waals surface area contributed by atoms with Gasteiger partial charge < -0.3 is 5.32 Å². The van der Waals surface area contributed by atoms with Crippen molar-refractivity contribution in [2.75, 3.05) is 11.9 Å². The van der Waals surface area contributed by atoms with Gasteiger partial charge in [0.1, 0.15) is 5.82 Å². The normalized spacial score (nSPS) is 13.3. The Morgan fingerprint density at radius 3 is 2.55 bits per heavy atom. The Morgan fingerprint density at radius 1 is 1.10 bits per heavy atom. The second-order valence-electron chi connectivity index (χ2n) is 5.47. The summed E-state index contributed by atoms with van der Waals surface area (Å²) in [7, 11) is 0. The van der Waals surface area contributed by atoms with Gasteiger partial charge in [0.2, 0.25) is 0 Å². The van der Waals surface area contributed by atoms with Gasteiger partial charge in [0.25, 0.3) is 0 Å². The fraction of sp³-hybridized carbons (Fsp3) is 0.412. The molecule has 0 radical (unpaired) electrons. The van der Waals surface area contributed by atoms with Gasteiger partial charge in [-0.2, -0.15) is 0 Å². The zero-order valence-corrected chi connectivity index (χ0v) is 12.5. The summed E-state index contributed by atoms with van der Waals surface area (Å²) in [4.78, 5) is 9.64. The standard InChI is InChI=1S/C17H21N3/c1-4-18-16-13-9-6-10-14(13)19-17(20-16)15-11(2)7-5-8-12(15)3/h5,7-8H,4,6,9-10H2,1-3H3,(H,18,19,20). The summed E-state index contributed by atoms with van der Waals surface area (Å²) >= 11 is 0. The number of aromatic nitrogens is 2. The maximum absolute atomic E-state index is 4.84. The number of nitrogens with zero attached hydrogens (tertiary/aromatic N) is 2. The minimum absolute atomic E-state index is 0.872. The van der Waals surface area contributed by atoms with Crippen molar-refractivity contribution in [3.8, 4) is 11.4 Å². The van der Waals surface area contributed by atoms with E-state index in [1.807, 2.05) is 0 Å². The minimum Gasteiger partial charge on any atom is -0.370 e. The lowest BCUT2D eigenvalue weighted by Crippen LogP contribution is -2.07. The molecule has 0 bridgehead atoms. The first-order chi connectivity index (χ1) is 9.70. The highest BCUT2D eigenvalue weighted by atomic mass is 15.0. The van der Waals surface area contributed by atoms with Gasteiger partial charge in [-0.05, 0) is 51.2 Å². The fourth-order valence-electron chi connectivity index (χ4n) is 3.03. The number of aryl methyl sites for hydroxylation is 3. The van der Waals surface area contributed by atoms with E-state index in [1.54, 1.807) is 0 Å². The van der Waals surface area contributed by atoms with Crippen LogP contribution in [0.3, 0.4) is 0 Å². The second-order valence-corrected chi connectivity index (χ2v) is 5.47. The van der Waals surface area contributed by atoms with Crippen molar-refractivity contribution in [1.82, 2.24) is 9.97 Å². The maximum Gasteiger partial charge on any atom is 0.162 e. The molecule has 0 amide bonds. The first kappa shape index (κ1) is 13.1. The molecule has 1 aromatic carbocycles. The van der Waals surface area contributed by atoms with Crippen molar-refractivity contribution in [2.24, 2.45) is 0 Å². The van der Waals surface area contributed by atoms with Gasteiger partial charge in [-0.15, -0.1) is 0 Å². The molecule has 1 heterocycles. The molecular weight excluding hydrogens is 246 g/mol. The lowest BCUT2D eigenvalue weighted by atomic mass is 10.0. The Kier molecular flexibility index (Phi) is 3.43. The Hall–Kier alpha value is -1.90. The Labute approximate surface area is 120 Å². The lowest BCUT2D eigenvalue weighted by Gasteiger charge is -2.13. The van der Waals surface area contributed by atoms with E-state index >= 15 is 0 Å². The number of anilines is 1. The van der Waals surface area contributed by atoms with Gasteiger partial charge in [-0.25, -0.2) is 9.97 Å². The molecule has 1 aromatic heterocycles. The van der Waals surface area contributed by atoms with Crippen LogP contribution >= 0.6 is 0 Å². The Bertz CT molecular complexity index is 627. The smallest absolute Gasteiger partial charge is 0.162 e. The van der Waals surface area contributed by atoms with Crippen molar-refractivity contribution in [3.63, 3.8) is 0 Å². The summed E-state index contributed by atoms with van der Waals surface area (Å²) in [5, 5.41) is 3.41. The molecule has 0 fully saturated rings. The van der Waals surface area contributed by atoms with E-state index < -0.39 is 0 Å². The third-order valence-corrected chi connectivity index (χ3v) is 3.98. The molecule has 0 saturated carbocycles. The quantitative estimate of drug-likeness (QED) is 0.921. The molecule has 0 atom stereocenters. The third kappa shape index (κ3) is 2.17. The summed E-state index contributed by atoms with van der Waals surface area (Å²) in [6.07, 6.45) is 3.37. The summed E-state index contributed by atoms with van der Waals surface area (Å²) in [6, 6.07) is 6.35. The molecule has 104 valence electrons. The van der Waals surface area contributed by atoms with Gasteiger partial charge in [0.05, 0.1) is 0 Å². The molecule has 0 aliphatic heterocycles. The van der Waals surface area contributed by atoms with Crippen LogP contribution in [0.15, 0.2) is 18.2 Å². The van der Waals surface area contributed by atoms with E-state index in [4.69, 9.17) is 9.97 Å². The molecular formula is C17H21N3. The largest absolute Gasteiger partial charge is 0.370 e. The predicted molar refractivity (Wildman–Crippen MR) is 83.1 cm³/mol. The molecule has 3 heteroatoms. The average molecular weight is 267 g/mol. The molecule has 3 nitrogen and oxygen atoms in total. The van der Waals surface area contributed by atoms with E-state index in [2.05, 4.69) is 44.3 Å². The maximum atomic E-state index is 4.84. The van der Waals surface area contributed by atoms with Crippen LogP contribution in [-0.4, -0.2) is 16.5 Å². The Morgan fingerprint density at radius 2 is 1.85 bits per heavy atom. The van der Waals surface area contributed by atoms with Crippen LogP contribution in [0.1, 0.15) is 35.7 Å². The van der Waals surface area contributed by atoms with Crippen LogP contribution < -0.4 is 5.32 Å². The number of hydrogen-bond acceptors (Lipinski definition) is 3. The van der Waals surface area contributed by atoms with Crippen molar-refractivity contribution in [1.29, 1.82) is 0 Å². The van der Waals surface area contributed by atoms with Gasteiger partial charge >= 0.3 is 0 Å². The summed E-state index contributed by atoms with van der Waals surface area (Å²) < 4.78 is 0. The molecule has 1 N–H and O–H groups in total. The van der Waals surface area contributed by atoms with Gasteiger partial charge in [0, 0.05) is 23.4 Å². The van der Waals surface area contributed by atoms with Gasteiger partial charge in [-0.3, -0.25) is 0 Å². The summed E-state index contributed by atoms with van der Waals surface area (Å²) in [6.45, 7) is 7.27. The second kappa shape index (κ2) is 5.23. The monoisotopic (exact) mass is 267 g/mol. The first-order valence-electron chi connectivity index (χ1n) is 7.41. The van der Waals surface area contributed by atoms with E-state index in [0.717, 1.165) is 31.0 Å². The van der Waals surface area contributed by atoms with Crippen LogP contribution in [0.5, 0.6) is 0 Å². The number of fused-ring (bicyclic) bond motifs is 1. The highest BCUT2D eigenvalue weighted by Gasteiger charge is 2.20. The molecule has 1 aliphatic carbocycles. The first-order valence-corrected chi connectivity index (χ1v) is 7.41. The average Bonchev–Trinajstić information content (AvgIpc) is 2.87. The van der Waals surface area contributed by atoms with Crippen LogP contribution in [0.2, 0.25) is 0 Å². The SMILES string of the molecule is CCNc1nc(-c2c(C)cccc2C)nc2c1CCC2. The summed E-state index contributed by atoms with van der Waals surface area (Å²) in [5.41, 5.74) is 6.22. The van der Waals surface area contributed by atoms with E-state index in [-0.39, 0.29) is 0 Å². The highest BCUT2D eigenvalue weighted by molar-refractivity contribution is 5.67. The lowest BCUT2D eigenvalue weighted by molar-refractivity contribution is 0.899. The van der Waals surface area contributed by atoms with E-state index in [0.29, 0.717) is 0 Å². The van der Waals surface area contributed by atoms with Crippen LogP contribution in [0.4, 0.5) is 5.82 Å².